The van der Waals surface area contributed by atoms with Crippen molar-refractivity contribution in [3.8, 4) is 0 Å². The molecule has 1 aromatic rings. The highest BCUT2D eigenvalue weighted by Crippen LogP contribution is 2.40. The molecule has 0 aliphatic heterocycles. The molecule has 1 aliphatic carbocycles. The Morgan fingerprint density at radius 1 is 1.29 bits per heavy atom. The number of sulfonamides is 1. The molecule has 1 aromatic carbocycles. The van der Waals surface area contributed by atoms with E-state index in [4.69, 9.17) is 5.73 Å². The van der Waals surface area contributed by atoms with E-state index in [0.29, 0.717) is 21.2 Å². The fourth-order valence-electron chi connectivity index (χ4n) is 2.61. The number of nitrogens with two attached hydrogens (primary N) is 1. The highest BCUT2D eigenvalue weighted by atomic mass is 79.9. The first-order chi connectivity index (χ1) is 9.80. The van der Waals surface area contributed by atoms with Crippen LogP contribution in [0, 0.1) is 0 Å². The minimum Gasteiger partial charge on any atom is -0.399 e. The Kier molecular flexibility index (Phi) is 5.68. The molecular weight excluding hydrogens is 440 g/mol. The zero-order valence-electron chi connectivity index (χ0n) is 11.7. The summed E-state index contributed by atoms with van der Waals surface area (Å²) in [6.07, 6.45) is 6.49. The Labute approximate surface area is 146 Å². The van der Waals surface area contributed by atoms with Gasteiger partial charge in [-0.25, -0.2) is 13.1 Å². The number of anilines is 1. The van der Waals surface area contributed by atoms with Gasteiger partial charge in [-0.2, -0.15) is 11.8 Å². The normalized spacial score (nSPS) is 18.0. The van der Waals surface area contributed by atoms with E-state index in [1.165, 1.54) is 0 Å². The van der Waals surface area contributed by atoms with Gasteiger partial charge < -0.3 is 5.73 Å². The van der Waals surface area contributed by atoms with Gasteiger partial charge in [0.25, 0.3) is 0 Å². The molecule has 1 aliphatic rings. The van der Waals surface area contributed by atoms with Crippen LogP contribution in [-0.4, -0.2) is 26.0 Å². The van der Waals surface area contributed by atoms with Gasteiger partial charge in [0.05, 0.1) is 0 Å². The first-order valence-corrected chi connectivity index (χ1v) is 10.9. The molecule has 2 rings (SSSR count). The maximum absolute atomic E-state index is 12.6. The smallest absolute Gasteiger partial charge is 0.242 e. The molecule has 0 amide bonds. The zero-order chi connectivity index (χ0) is 15.7. The van der Waals surface area contributed by atoms with Crippen LogP contribution in [0.4, 0.5) is 5.69 Å². The predicted octanol–water partition coefficient (Wildman–Crippen LogP) is 3.75. The summed E-state index contributed by atoms with van der Waals surface area (Å²) in [7, 11) is -3.59. The minimum absolute atomic E-state index is 0.0276. The minimum atomic E-state index is -3.59. The first-order valence-electron chi connectivity index (χ1n) is 6.59. The van der Waals surface area contributed by atoms with Crippen LogP contribution in [0.1, 0.15) is 25.7 Å². The fraction of sp³-hybridized carbons (Fsp3) is 0.538. The van der Waals surface area contributed by atoms with Gasteiger partial charge in [0.2, 0.25) is 10.0 Å². The molecule has 118 valence electrons. The lowest BCUT2D eigenvalue weighted by Gasteiger charge is -2.27. The molecule has 0 saturated heterocycles. The second-order valence-corrected chi connectivity index (χ2v) is 9.92. The molecule has 8 heteroatoms. The standard InChI is InChI=1S/C13H18Br2N2O2S2/c1-20-13(4-2-3-5-13)8-17-21(18,19)12-10(14)6-9(16)7-11(12)15/h6-7,17H,2-5,8,16H2,1H3. The third-order valence-electron chi connectivity index (χ3n) is 3.82. The summed E-state index contributed by atoms with van der Waals surface area (Å²) in [6.45, 7) is 0.458. The molecule has 0 aromatic heterocycles. The van der Waals surface area contributed by atoms with Gasteiger partial charge in [-0.05, 0) is 63.1 Å². The van der Waals surface area contributed by atoms with Crippen LogP contribution >= 0.6 is 43.6 Å². The van der Waals surface area contributed by atoms with E-state index < -0.39 is 10.0 Å². The molecule has 0 spiro atoms. The van der Waals surface area contributed by atoms with Crippen molar-refractivity contribution < 1.29 is 8.42 Å². The summed E-state index contributed by atoms with van der Waals surface area (Å²) in [4.78, 5) is 0.200. The van der Waals surface area contributed by atoms with E-state index in [-0.39, 0.29) is 9.64 Å². The van der Waals surface area contributed by atoms with Gasteiger partial charge in [0.15, 0.2) is 0 Å². The number of nitrogens with one attached hydrogen (secondary N) is 1. The zero-order valence-corrected chi connectivity index (χ0v) is 16.5. The summed E-state index contributed by atoms with van der Waals surface area (Å²) >= 11 is 8.32. The molecule has 0 radical (unpaired) electrons. The highest BCUT2D eigenvalue weighted by molar-refractivity contribution is 9.11. The first kappa shape index (κ1) is 17.6. The van der Waals surface area contributed by atoms with Crippen LogP contribution in [-0.2, 0) is 10.0 Å². The Hall–Kier alpha value is 0.240. The van der Waals surface area contributed by atoms with Crippen LogP contribution in [0.25, 0.3) is 0 Å². The van der Waals surface area contributed by atoms with Crippen molar-refractivity contribution in [2.24, 2.45) is 0 Å². The highest BCUT2D eigenvalue weighted by Gasteiger charge is 2.35. The molecule has 21 heavy (non-hydrogen) atoms. The van der Waals surface area contributed by atoms with E-state index in [1.807, 2.05) is 0 Å². The van der Waals surface area contributed by atoms with Gasteiger partial charge in [-0.15, -0.1) is 0 Å². The van der Waals surface area contributed by atoms with Crippen molar-refractivity contribution in [2.75, 3.05) is 18.5 Å². The maximum Gasteiger partial charge on any atom is 0.242 e. The molecule has 3 N–H and O–H groups in total. The lowest BCUT2D eigenvalue weighted by atomic mass is 10.1. The quantitative estimate of drug-likeness (QED) is 0.660. The maximum atomic E-state index is 12.6. The van der Waals surface area contributed by atoms with E-state index in [2.05, 4.69) is 42.8 Å². The third kappa shape index (κ3) is 3.96. The van der Waals surface area contributed by atoms with Gasteiger partial charge in [-0.3, -0.25) is 0 Å². The van der Waals surface area contributed by atoms with E-state index >= 15 is 0 Å². The Morgan fingerprint density at radius 2 is 1.81 bits per heavy atom. The van der Waals surface area contributed by atoms with Crippen molar-refractivity contribution >= 4 is 59.3 Å². The van der Waals surface area contributed by atoms with Crippen molar-refractivity contribution in [3.63, 3.8) is 0 Å². The average Bonchev–Trinajstić information content (AvgIpc) is 2.84. The molecular formula is C13H18Br2N2O2S2. The van der Waals surface area contributed by atoms with Gasteiger partial charge in [-0.1, -0.05) is 12.8 Å². The summed E-state index contributed by atoms with van der Waals surface area (Å²) in [5.41, 5.74) is 6.21. The average molecular weight is 458 g/mol. The van der Waals surface area contributed by atoms with E-state index in [9.17, 15) is 8.42 Å². The van der Waals surface area contributed by atoms with Crippen LogP contribution in [0.3, 0.4) is 0 Å². The summed E-state index contributed by atoms with van der Waals surface area (Å²) in [5.74, 6) is 0. The monoisotopic (exact) mass is 456 g/mol. The van der Waals surface area contributed by atoms with Crippen LogP contribution in [0.2, 0.25) is 0 Å². The predicted molar refractivity (Wildman–Crippen MR) is 96.2 cm³/mol. The van der Waals surface area contributed by atoms with Crippen LogP contribution < -0.4 is 10.5 Å². The second kappa shape index (κ2) is 6.78. The molecule has 0 heterocycles. The number of benzene rings is 1. The molecule has 0 atom stereocenters. The number of halogens is 2. The SMILES string of the molecule is CSC1(CNS(=O)(=O)c2c(Br)cc(N)cc2Br)CCCC1. The Balaban J connectivity index is 2.23. The van der Waals surface area contributed by atoms with Gasteiger partial charge in [0.1, 0.15) is 4.90 Å². The lowest BCUT2D eigenvalue weighted by Crippen LogP contribution is -2.38. The third-order valence-corrected chi connectivity index (χ3v) is 8.52. The Morgan fingerprint density at radius 3 is 2.29 bits per heavy atom. The van der Waals surface area contributed by atoms with E-state index in [0.717, 1.165) is 25.7 Å². The summed E-state index contributed by atoms with van der Waals surface area (Å²) < 4.78 is 28.9. The summed E-state index contributed by atoms with van der Waals surface area (Å²) in [5, 5.41) is 0. The van der Waals surface area contributed by atoms with Crippen LogP contribution in [0.15, 0.2) is 26.0 Å². The number of nitrogen functional groups attached to an aromatic ring is 1. The topological polar surface area (TPSA) is 72.2 Å². The number of hydrogen-bond acceptors (Lipinski definition) is 4. The Bertz CT molecular complexity index is 606. The summed E-state index contributed by atoms with van der Waals surface area (Å²) in [6, 6.07) is 3.19. The lowest BCUT2D eigenvalue weighted by molar-refractivity contribution is 0.550. The molecule has 4 nitrogen and oxygen atoms in total. The fourth-order valence-corrected chi connectivity index (χ4v) is 7.35. The number of hydrogen-bond donors (Lipinski definition) is 2. The molecule has 1 saturated carbocycles. The van der Waals surface area contributed by atoms with Crippen LogP contribution in [0.5, 0.6) is 0 Å². The van der Waals surface area contributed by atoms with Crippen molar-refractivity contribution in [2.45, 2.75) is 35.3 Å². The second-order valence-electron chi connectivity index (χ2n) is 5.23. The van der Waals surface area contributed by atoms with Gasteiger partial charge in [0, 0.05) is 25.9 Å². The van der Waals surface area contributed by atoms with Crippen molar-refractivity contribution in [1.29, 1.82) is 0 Å². The van der Waals surface area contributed by atoms with Gasteiger partial charge >= 0.3 is 0 Å². The number of rotatable bonds is 5. The largest absolute Gasteiger partial charge is 0.399 e. The van der Waals surface area contributed by atoms with E-state index in [1.54, 1.807) is 23.9 Å². The van der Waals surface area contributed by atoms with Crippen molar-refractivity contribution in [1.82, 2.24) is 4.72 Å². The molecule has 0 bridgehead atoms. The van der Waals surface area contributed by atoms with Crippen molar-refractivity contribution in [3.05, 3.63) is 21.1 Å². The number of thioether (sulfide) groups is 1. The molecule has 1 fully saturated rings. The molecule has 0 unspecified atom stereocenters.